The van der Waals surface area contributed by atoms with E-state index in [1.54, 1.807) is 12.1 Å². The molecule has 3 amide bonds. The summed E-state index contributed by atoms with van der Waals surface area (Å²) in [6.45, 7) is 4.59. The van der Waals surface area contributed by atoms with E-state index >= 15 is 0 Å². The van der Waals surface area contributed by atoms with Gasteiger partial charge in [0.05, 0.1) is 11.0 Å². The number of nitrogens with zero attached hydrogens (tertiary/aromatic N) is 3. The van der Waals surface area contributed by atoms with Crippen molar-refractivity contribution in [1.82, 2.24) is 15.5 Å². The van der Waals surface area contributed by atoms with Crippen LogP contribution in [0.3, 0.4) is 0 Å². The zero-order chi connectivity index (χ0) is 20.8. The minimum absolute atomic E-state index is 0.0733. The maximum absolute atomic E-state index is 12.5. The van der Waals surface area contributed by atoms with E-state index in [2.05, 4.69) is 15.5 Å². The van der Waals surface area contributed by atoms with Gasteiger partial charge in [-0.1, -0.05) is 19.3 Å². The molecule has 3 rings (SSSR count). The van der Waals surface area contributed by atoms with Gasteiger partial charge < -0.3 is 10.2 Å². The molecule has 1 atom stereocenters. The Morgan fingerprint density at radius 2 is 1.69 bits per heavy atom. The highest BCUT2D eigenvalue weighted by molar-refractivity contribution is 5.96. The normalized spacial score (nSPS) is 19.4. The summed E-state index contributed by atoms with van der Waals surface area (Å²) in [5.74, 6) is -0.290. The number of nitrogens with one attached hydrogen (secondary N) is 2. The van der Waals surface area contributed by atoms with Gasteiger partial charge in [-0.2, -0.15) is 0 Å². The largest absolute Gasteiger partial charge is 0.369 e. The molecule has 0 aromatic heterocycles. The second-order valence-electron chi connectivity index (χ2n) is 7.77. The van der Waals surface area contributed by atoms with Crippen LogP contribution >= 0.6 is 0 Å². The molecule has 158 valence electrons. The van der Waals surface area contributed by atoms with Crippen LogP contribution in [0.5, 0.6) is 0 Å². The summed E-state index contributed by atoms with van der Waals surface area (Å²) in [7, 11) is 0. The second-order valence-corrected chi connectivity index (χ2v) is 7.77. The Bertz CT molecular complexity index is 725. The summed E-state index contributed by atoms with van der Waals surface area (Å²) in [5, 5.41) is 16.2. The molecule has 0 radical (unpaired) electrons. The fraction of sp³-hybridized carbons (Fsp3) is 0.600. The molecule has 1 aromatic carbocycles. The van der Waals surface area contributed by atoms with Crippen molar-refractivity contribution in [2.45, 2.75) is 51.1 Å². The Hall–Kier alpha value is -2.68. The molecule has 1 saturated heterocycles. The van der Waals surface area contributed by atoms with Crippen molar-refractivity contribution < 1.29 is 14.5 Å². The first-order chi connectivity index (χ1) is 13.9. The predicted molar refractivity (Wildman–Crippen MR) is 110 cm³/mol. The number of urea groups is 1. The maximum Gasteiger partial charge on any atom is 0.321 e. The number of rotatable bonds is 5. The molecule has 0 spiro atoms. The third-order valence-corrected chi connectivity index (χ3v) is 5.84. The van der Waals surface area contributed by atoms with Gasteiger partial charge in [0.15, 0.2) is 0 Å². The molecule has 2 N–H and O–H groups in total. The van der Waals surface area contributed by atoms with E-state index in [1.807, 2.05) is 11.8 Å². The summed E-state index contributed by atoms with van der Waals surface area (Å²) < 4.78 is 0. The quantitative estimate of drug-likeness (QED) is 0.577. The highest BCUT2D eigenvalue weighted by atomic mass is 16.6. The fourth-order valence-corrected chi connectivity index (χ4v) is 4.00. The Balaban J connectivity index is 1.44. The lowest BCUT2D eigenvalue weighted by molar-refractivity contribution is -0.384. The third kappa shape index (κ3) is 5.66. The number of carbonyl (C=O) groups is 2. The van der Waals surface area contributed by atoms with Gasteiger partial charge in [0, 0.05) is 50.0 Å². The first-order valence-corrected chi connectivity index (χ1v) is 10.3. The zero-order valence-electron chi connectivity index (χ0n) is 16.8. The van der Waals surface area contributed by atoms with Crippen molar-refractivity contribution in [3.05, 3.63) is 34.4 Å². The Kier molecular flexibility index (Phi) is 7.03. The van der Waals surface area contributed by atoms with Crippen LogP contribution in [0.15, 0.2) is 24.3 Å². The van der Waals surface area contributed by atoms with Crippen LogP contribution in [-0.2, 0) is 4.79 Å². The molecular formula is C20H29N5O4. The van der Waals surface area contributed by atoms with Crippen LogP contribution in [0.2, 0.25) is 0 Å². The maximum atomic E-state index is 12.5. The van der Waals surface area contributed by atoms with Crippen molar-refractivity contribution in [2.75, 3.05) is 31.1 Å². The van der Waals surface area contributed by atoms with Crippen LogP contribution in [0.25, 0.3) is 0 Å². The van der Waals surface area contributed by atoms with E-state index in [9.17, 15) is 19.7 Å². The minimum atomic E-state index is -0.410. The number of nitro groups is 1. The second kappa shape index (κ2) is 9.69. The lowest BCUT2D eigenvalue weighted by Crippen LogP contribution is -2.56. The van der Waals surface area contributed by atoms with Crippen molar-refractivity contribution in [3.8, 4) is 0 Å². The number of non-ortho nitro benzene ring substituents is 1. The van der Waals surface area contributed by atoms with Gasteiger partial charge >= 0.3 is 6.03 Å². The Labute approximate surface area is 170 Å². The van der Waals surface area contributed by atoms with Gasteiger partial charge in [0.1, 0.15) is 0 Å². The summed E-state index contributed by atoms with van der Waals surface area (Å²) in [4.78, 5) is 39.1. The van der Waals surface area contributed by atoms with E-state index in [1.165, 1.54) is 18.6 Å². The summed E-state index contributed by atoms with van der Waals surface area (Å²) in [6, 6.07) is 5.87. The zero-order valence-corrected chi connectivity index (χ0v) is 16.8. The van der Waals surface area contributed by atoms with Crippen LogP contribution < -0.4 is 15.5 Å². The first-order valence-electron chi connectivity index (χ1n) is 10.3. The summed E-state index contributed by atoms with van der Waals surface area (Å²) >= 11 is 0. The Morgan fingerprint density at radius 3 is 2.28 bits per heavy atom. The van der Waals surface area contributed by atoms with Crippen LogP contribution in [-0.4, -0.2) is 60.0 Å². The average Bonchev–Trinajstić information content (AvgIpc) is 2.74. The number of piperazine rings is 1. The lowest BCUT2D eigenvalue weighted by atomic mass is 9.96. The van der Waals surface area contributed by atoms with Gasteiger partial charge in [0.25, 0.3) is 5.69 Å². The number of benzene rings is 1. The minimum Gasteiger partial charge on any atom is -0.369 e. The average molecular weight is 403 g/mol. The van der Waals surface area contributed by atoms with Gasteiger partial charge in [-0.3, -0.25) is 25.1 Å². The Morgan fingerprint density at radius 1 is 1.07 bits per heavy atom. The van der Waals surface area contributed by atoms with Crippen molar-refractivity contribution in [1.29, 1.82) is 0 Å². The van der Waals surface area contributed by atoms with Crippen LogP contribution in [0.4, 0.5) is 16.2 Å². The first kappa shape index (κ1) is 21.0. The molecule has 1 heterocycles. The molecule has 9 nitrogen and oxygen atoms in total. The highest BCUT2D eigenvalue weighted by Gasteiger charge is 2.27. The van der Waals surface area contributed by atoms with Crippen LogP contribution in [0.1, 0.15) is 39.0 Å². The summed E-state index contributed by atoms with van der Waals surface area (Å²) in [6.07, 6.45) is 5.40. The highest BCUT2D eigenvalue weighted by Crippen LogP contribution is 2.21. The molecule has 0 unspecified atom stereocenters. The lowest BCUT2D eigenvalue weighted by Gasteiger charge is -2.38. The van der Waals surface area contributed by atoms with Gasteiger partial charge in [-0.15, -0.1) is 0 Å². The number of nitro benzene ring substituents is 1. The number of hydrogen-bond donors (Lipinski definition) is 2. The van der Waals surface area contributed by atoms with E-state index in [0.29, 0.717) is 26.2 Å². The molecule has 2 fully saturated rings. The van der Waals surface area contributed by atoms with E-state index in [0.717, 1.165) is 31.4 Å². The van der Waals surface area contributed by atoms with E-state index in [-0.39, 0.29) is 17.6 Å². The predicted octanol–water partition coefficient (Wildman–Crippen LogP) is 2.26. The molecule has 29 heavy (non-hydrogen) atoms. The SMILES string of the molecule is C[C@H](C(=O)NC(=O)NC1CCCCC1)N1CCN(c2ccc([N+](=O)[O-])cc2)CC1. The molecule has 9 heteroatoms. The number of amides is 3. The smallest absolute Gasteiger partial charge is 0.321 e. The topological polar surface area (TPSA) is 108 Å². The number of anilines is 1. The number of carbonyl (C=O) groups excluding carboxylic acids is 2. The molecule has 0 bridgehead atoms. The van der Waals surface area contributed by atoms with Gasteiger partial charge in [-0.05, 0) is 31.9 Å². The molecule has 1 saturated carbocycles. The van der Waals surface area contributed by atoms with Crippen LogP contribution in [0, 0.1) is 10.1 Å². The molecule has 1 aromatic rings. The molecular weight excluding hydrogens is 374 g/mol. The van der Waals surface area contributed by atoms with Gasteiger partial charge in [0.2, 0.25) is 5.91 Å². The van der Waals surface area contributed by atoms with E-state index < -0.39 is 17.0 Å². The van der Waals surface area contributed by atoms with Crippen molar-refractivity contribution in [3.63, 3.8) is 0 Å². The van der Waals surface area contributed by atoms with Crippen molar-refractivity contribution >= 4 is 23.3 Å². The monoisotopic (exact) mass is 403 g/mol. The fourth-order valence-electron chi connectivity index (χ4n) is 4.00. The molecule has 1 aliphatic carbocycles. The molecule has 2 aliphatic rings. The number of hydrogen-bond acceptors (Lipinski definition) is 6. The molecule has 1 aliphatic heterocycles. The van der Waals surface area contributed by atoms with E-state index in [4.69, 9.17) is 0 Å². The van der Waals surface area contributed by atoms with Gasteiger partial charge in [-0.25, -0.2) is 4.79 Å². The summed E-state index contributed by atoms with van der Waals surface area (Å²) in [5.41, 5.74) is 1.00. The standard InChI is InChI=1S/C20H29N5O4/c1-15(19(26)22-20(27)21-16-5-3-2-4-6-16)23-11-13-24(14-12-23)17-7-9-18(10-8-17)25(28)29/h7-10,15-16H,2-6,11-14H2,1H3,(H2,21,22,26,27)/t15-/m1/s1. The van der Waals surface area contributed by atoms with Crippen molar-refractivity contribution in [2.24, 2.45) is 0 Å². The third-order valence-electron chi connectivity index (χ3n) is 5.84. The number of imide groups is 1.